The number of ether oxygens (including phenoxy) is 3. The molecule has 2 amide bonds. The lowest BCUT2D eigenvalue weighted by molar-refractivity contribution is -0.158. The number of aromatic nitrogens is 1. The van der Waals surface area contributed by atoms with E-state index in [2.05, 4.69) is 10.3 Å². The monoisotopic (exact) mass is 501 g/mol. The average Bonchev–Trinajstić information content (AvgIpc) is 3.65. The zero-order chi connectivity index (χ0) is 25.1. The van der Waals surface area contributed by atoms with Gasteiger partial charge in [0, 0.05) is 23.0 Å². The lowest BCUT2D eigenvalue weighted by Crippen LogP contribution is -2.66. The van der Waals surface area contributed by atoms with Crippen LogP contribution in [0.1, 0.15) is 55.0 Å². The number of nitrogens with zero attached hydrogens (tertiary/aromatic N) is 1. The molecule has 3 aliphatic heterocycles. The largest absolute Gasteiger partial charge is 0.462 e. The summed E-state index contributed by atoms with van der Waals surface area (Å²) in [6.07, 6.45) is 3.88. The molecule has 2 N–H and O–H groups in total. The summed E-state index contributed by atoms with van der Waals surface area (Å²) in [4.78, 5) is 45.2. The van der Waals surface area contributed by atoms with Crippen LogP contribution >= 0.6 is 0 Å². The van der Waals surface area contributed by atoms with E-state index in [0.717, 1.165) is 53.4 Å². The molecule has 3 atom stereocenters. The second-order valence-electron chi connectivity index (χ2n) is 10.2. The van der Waals surface area contributed by atoms with Gasteiger partial charge in [-0.15, -0.1) is 0 Å². The third-order valence-electron chi connectivity index (χ3n) is 7.99. The molecule has 37 heavy (non-hydrogen) atoms. The maximum atomic E-state index is 14.0. The van der Waals surface area contributed by atoms with Gasteiger partial charge >= 0.3 is 5.97 Å². The van der Waals surface area contributed by atoms with Crippen LogP contribution in [0.2, 0.25) is 0 Å². The Morgan fingerprint density at radius 1 is 1.05 bits per heavy atom. The van der Waals surface area contributed by atoms with Crippen LogP contribution in [0.15, 0.2) is 42.5 Å². The zero-order valence-electron chi connectivity index (χ0n) is 20.2. The van der Waals surface area contributed by atoms with E-state index in [-0.39, 0.29) is 31.1 Å². The number of aromatic amines is 1. The molecule has 7 rings (SSSR count). The highest BCUT2D eigenvalue weighted by Crippen LogP contribution is 2.44. The molecule has 1 aromatic heterocycles. The number of H-pyrrole nitrogens is 1. The summed E-state index contributed by atoms with van der Waals surface area (Å²) in [5.74, 6) is 0.234. The predicted octanol–water partition coefficient (Wildman–Crippen LogP) is 3.11. The van der Waals surface area contributed by atoms with Crippen LogP contribution in [0.4, 0.5) is 0 Å². The number of piperazine rings is 1. The second-order valence-corrected chi connectivity index (χ2v) is 10.2. The van der Waals surface area contributed by atoms with Gasteiger partial charge < -0.3 is 29.4 Å². The predicted molar refractivity (Wildman–Crippen MR) is 132 cm³/mol. The first-order valence-corrected chi connectivity index (χ1v) is 12.9. The van der Waals surface area contributed by atoms with Crippen molar-refractivity contribution in [2.75, 3.05) is 6.79 Å². The standard InChI is InChI=1S/C28H27N3O6/c32-24(37-16-5-1-2-6-16)13-20-28(34)31-21(27(33)30-20)12-18-17-7-3-4-8-19(17)29-25(18)26(31)15-9-10-22-23(11-15)36-14-35-22/h3-4,7-11,16,20-21,26,29H,1-2,5-6,12-14H2,(H,30,33)/t20-,21+,26+/m0/s1. The van der Waals surface area contributed by atoms with E-state index in [0.29, 0.717) is 17.9 Å². The molecule has 0 unspecified atom stereocenters. The van der Waals surface area contributed by atoms with Crippen molar-refractivity contribution in [2.45, 2.75) is 62.8 Å². The Bertz CT molecular complexity index is 1420. The first kappa shape index (κ1) is 22.2. The van der Waals surface area contributed by atoms with E-state index < -0.39 is 24.1 Å². The number of esters is 1. The fourth-order valence-electron chi connectivity index (χ4n) is 6.25. The van der Waals surface area contributed by atoms with Crippen LogP contribution in [-0.2, 0) is 25.5 Å². The molecule has 1 saturated carbocycles. The summed E-state index contributed by atoms with van der Waals surface area (Å²) >= 11 is 0. The Kier molecular flexibility index (Phi) is 5.12. The molecule has 9 heteroatoms. The second kappa shape index (κ2) is 8.54. The van der Waals surface area contributed by atoms with Crippen LogP contribution in [0.3, 0.4) is 0 Å². The molecular formula is C28H27N3O6. The number of nitrogens with one attached hydrogen (secondary N) is 2. The number of carbonyl (C=O) groups excluding carboxylic acids is 3. The van der Waals surface area contributed by atoms with Crippen LogP contribution in [0, 0.1) is 0 Å². The van der Waals surface area contributed by atoms with E-state index in [4.69, 9.17) is 14.2 Å². The van der Waals surface area contributed by atoms with Crippen LogP contribution in [0.25, 0.3) is 10.9 Å². The normalized spacial score (nSPS) is 24.6. The fourth-order valence-corrected chi connectivity index (χ4v) is 6.25. The topological polar surface area (TPSA) is 110 Å². The fraction of sp³-hybridized carbons (Fsp3) is 0.393. The van der Waals surface area contributed by atoms with Gasteiger partial charge in [-0.2, -0.15) is 0 Å². The Balaban J connectivity index is 1.28. The lowest BCUT2D eigenvalue weighted by Gasteiger charge is -2.46. The van der Waals surface area contributed by atoms with Gasteiger partial charge in [0.15, 0.2) is 11.5 Å². The van der Waals surface area contributed by atoms with Gasteiger partial charge in [0.1, 0.15) is 18.2 Å². The first-order valence-electron chi connectivity index (χ1n) is 12.9. The molecule has 0 bridgehead atoms. The third-order valence-corrected chi connectivity index (χ3v) is 7.99. The van der Waals surface area contributed by atoms with Gasteiger partial charge in [0.2, 0.25) is 18.6 Å². The van der Waals surface area contributed by atoms with Crippen molar-refractivity contribution in [3.8, 4) is 11.5 Å². The molecule has 9 nitrogen and oxygen atoms in total. The number of benzene rings is 2. The summed E-state index contributed by atoms with van der Waals surface area (Å²) in [7, 11) is 0. The molecule has 3 aromatic rings. The zero-order valence-corrected chi connectivity index (χ0v) is 20.2. The molecule has 4 heterocycles. The van der Waals surface area contributed by atoms with Crippen LogP contribution < -0.4 is 14.8 Å². The summed E-state index contributed by atoms with van der Waals surface area (Å²) in [6.45, 7) is 0.139. The highest BCUT2D eigenvalue weighted by molar-refractivity contribution is 6.00. The molecule has 1 aliphatic carbocycles. The molecule has 1 saturated heterocycles. The van der Waals surface area contributed by atoms with Crippen molar-refractivity contribution in [1.29, 1.82) is 0 Å². The number of hydrogen-bond donors (Lipinski definition) is 2. The van der Waals surface area contributed by atoms with Crippen molar-refractivity contribution in [2.24, 2.45) is 0 Å². The molecule has 0 spiro atoms. The minimum Gasteiger partial charge on any atom is -0.462 e. The number of carbonyl (C=O) groups is 3. The number of fused-ring (bicyclic) bond motifs is 5. The minimum absolute atomic E-state index is 0.0973. The van der Waals surface area contributed by atoms with E-state index in [1.807, 2.05) is 42.5 Å². The van der Waals surface area contributed by atoms with Crippen molar-refractivity contribution >= 4 is 28.7 Å². The van der Waals surface area contributed by atoms with Gasteiger partial charge in [0.25, 0.3) is 0 Å². The quantitative estimate of drug-likeness (QED) is 0.532. The SMILES string of the molecule is O=C(C[C@@H]1NC(=O)[C@H]2Cc3c([nH]c4ccccc34)[C@@H](c3ccc4c(c3)OCO4)N2C1=O)OC1CCCC1. The van der Waals surface area contributed by atoms with Crippen molar-refractivity contribution in [3.63, 3.8) is 0 Å². The Labute approximate surface area is 213 Å². The Morgan fingerprint density at radius 2 is 1.86 bits per heavy atom. The van der Waals surface area contributed by atoms with E-state index in [9.17, 15) is 14.4 Å². The maximum absolute atomic E-state index is 14.0. The molecule has 2 aromatic carbocycles. The minimum atomic E-state index is -0.972. The highest BCUT2D eigenvalue weighted by atomic mass is 16.7. The van der Waals surface area contributed by atoms with Crippen molar-refractivity contribution < 1.29 is 28.6 Å². The van der Waals surface area contributed by atoms with Crippen LogP contribution in [-0.4, -0.2) is 52.6 Å². The van der Waals surface area contributed by atoms with Gasteiger partial charge in [0.05, 0.1) is 12.5 Å². The van der Waals surface area contributed by atoms with Crippen molar-refractivity contribution in [3.05, 3.63) is 59.3 Å². The average molecular weight is 502 g/mol. The third kappa shape index (κ3) is 3.63. The molecule has 190 valence electrons. The van der Waals surface area contributed by atoms with Gasteiger partial charge in [-0.25, -0.2) is 0 Å². The molecule has 2 fully saturated rings. The number of rotatable bonds is 4. The molecule has 0 radical (unpaired) electrons. The summed E-state index contributed by atoms with van der Waals surface area (Å²) in [5.41, 5.74) is 3.63. The van der Waals surface area contributed by atoms with Crippen LogP contribution in [0.5, 0.6) is 11.5 Å². The van der Waals surface area contributed by atoms with E-state index in [1.54, 1.807) is 4.90 Å². The van der Waals surface area contributed by atoms with E-state index >= 15 is 0 Å². The maximum Gasteiger partial charge on any atom is 0.308 e. The van der Waals surface area contributed by atoms with E-state index in [1.165, 1.54) is 0 Å². The number of amides is 2. The Morgan fingerprint density at radius 3 is 2.73 bits per heavy atom. The van der Waals surface area contributed by atoms with Crippen molar-refractivity contribution in [1.82, 2.24) is 15.2 Å². The summed E-state index contributed by atoms with van der Waals surface area (Å²) in [5, 5.41) is 3.85. The summed E-state index contributed by atoms with van der Waals surface area (Å²) in [6, 6.07) is 11.3. The number of hydrogen-bond acceptors (Lipinski definition) is 6. The molecular weight excluding hydrogens is 474 g/mol. The first-order chi connectivity index (χ1) is 18.1. The highest BCUT2D eigenvalue weighted by Gasteiger charge is 2.49. The summed E-state index contributed by atoms with van der Waals surface area (Å²) < 4.78 is 16.7. The Hall–Kier alpha value is -4.01. The van der Waals surface area contributed by atoms with Gasteiger partial charge in [-0.3, -0.25) is 14.4 Å². The van der Waals surface area contributed by atoms with Gasteiger partial charge in [-0.1, -0.05) is 24.3 Å². The lowest BCUT2D eigenvalue weighted by atomic mass is 9.85. The molecule has 4 aliphatic rings. The van der Waals surface area contributed by atoms with Gasteiger partial charge in [-0.05, 0) is 55.0 Å². The smallest absolute Gasteiger partial charge is 0.308 e. The number of para-hydroxylation sites is 1.